The molecule has 2 aromatic rings. The van der Waals surface area contributed by atoms with E-state index in [1.165, 1.54) is 23.1 Å². The molecule has 0 unspecified atom stereocenters. The minimum atomic E-state index is -4.58. The highest BCUT2D eigenvalue weighted by molar-refractivity contribution is 6.33. The number of amides is 2. The molecule has 0 bridgehead atoms. The van der Waals surface area contributed by atoms with E-state index >= 15 is 0 Å². The van der Waals surface area contributed by atoms with Crippen LogP contribution >= 0.6 is 11.6 Å². The molecule has 0 saturated carbocycles. The zero-order chi connectivity index (χ0) is 20.7. The number of benzene rings is 2. The molecule has 0 saturated heterocycles. The lowest BCUT2D eigenvalue weighted by Gasteiger charge is -2.20. The lowest BCUT2D eigenvalue weighted by atomic mass is 10.1. The Hall–Kier alpha value is -2.58. The molecule has 0 radical (unpaired) electrons. The fourth-order valence-corrected chi connectivity index (χ4v) is 2.65. The van der Waals surface area contributed by atoms with Crippen LogP contribution in [0.2, 0.25) is 5.02 Å². The molecule has 150 valence electrons. The number of carbonyl (C=O) groups excluding carboxylic acids is 2. The molecule has 0 aromatic heterocycles. The SMILES string of the molecule is CCN(CC(=O)Nc1ccccc1Cl)CC(=O)Nc1ccccc1C(F)(F)F. The number of para-hydroxylation sites is 2. The summed E-state index contributed by atoms with van der Waals surface area (Å²) in [6, 6.07) is 11.4. The first-order chi connectivity index (χ1) is 13.2. The number of hydrogen-bond acceptors (Lipinski definition) is 3. The van der Waals surface area contributed by atoms with Gasteiger partial charge in [-0.05, 0) is 30.8 Å². The third kappa shape index (κ3) is 6.24. The van der Waals surface area contributed by atoms with Crippen molar-refractivity contribution in [3.05, 3.63) is 59.1 Å². The largest absolute Gasteiger partial charge is 0.418 e. The third-order valence-electron chi connectivity index (χ3n) is 3.84. The second kappa shape index (κ2) is 9.57. The number of halogens is 4. The van der Waals surface area contributed by atoms with Crippen molar-refractivity contribution in [3.63, 3.8) is 0 Å². The van der Waals surface area contributed by atoms with Gasteiger partial charge in [-0.2, -0.15) is 13.2 Å². The highest BCUT2D eigenvalue weighted by Crippen LogP contribution is 2.34. The van der Waals surface area contributed by atoms with Crippen LogP contribution in [0, 0.1) is 0 Å². The number of nitrogens with one attached hydrogen (secondary N) is 2. The molecule has 0 heterocycles. The molecule has 28 heavy (non-hydrogen) atoms. The van der Waals surface area contributed by atoms with Crippen LogP contribution in [0.25, 0.3) is 0 Å². The third-order valence-corrected chi connectivity index (χ3v) is 4.17. The van der Waals surface area contributed by atoms with E-state index in [1.807, 2.05) is 0 Å². The minimum absolute atomic E-state index is 0.115. The topological polar surface area (TPSA) is 61.4 Å². The Balaban J connectivity index is 1.97. The number of alkyl halides is 3. The smallest absolute Gasteiger partial charge is 0.324 e. The average molecular weight is 414 g/mol. The molecule has 2 rings (SSSR count). The summed E-state index contributed by atoms with van der Waals surface area (Å²) in [5, 5.41) is 5.27. The fourth-order valence-electron chi connectivity index (χ4n) is 2.47. The summed E-state index contributed by atoms with van der Waals surface area (Å²) in [4.78, 5) is 25.8. The number of carbonyl (C=O) groups is 2. The van der Waals surface area contributed by atoms with Gasteiger partial charge >= 0.3 is 6.18 Å². The van der Waals surface area contributed by atoms with E-state index < -0.39 is 23.6 Å². The summed E-state index contributed by atoms with van der Waals surface area (Å²) >= 11 is 5.98. The maximum atomic E-state index is 13.0. The van der Waals surface area contributed by atoms with Gasteiger partial charge in [0.2, 0.25) is 11.8 Å². The molecule has 0 aliphatic carbocycles. The van der Waals surface area contributed by atoms with Crippen LogP contribution < -0.4 is 10.6 Å². The summed E-state index contributed by atoms with van der Waals surface area (Å²) in [5.41, 5.74) is -0.812. The van der Waals surface area contributed by atoms with Crippen molar-refractivity contribution >= 4 is 34.8 Å². The van der Waals surface area contributed by atoms with Gasteiger partial charge in [-0.3, -0.25) is 14.5 Å². The molecule has 0 spiro atoms. The molecule has 0 aliphatic heterocycles. The van der Waals surface area contributed by atoms with E-state index in [9.17, 15) is 22.8 Å². The van der Waals surface area contributed by atoms with Crippen molar-refractivity contribution < 1.29 is 22.8 Å². The van der Waals surface area contributed by atoms with E-state index in [0.717, 1.165) is 6.07 Å². The summed E-state index contributed by atoms with van der Waals surface area (Å²) < 4.78 is 39.0. The predicted molar refractivity (Wildman–Crippen MR) is 102 cm³/mol. The Morgan fingerprint density at radius 2 is 1.43 bits per heavy atom. The fraction of sp³-hybridized carbons (Fsp3) is 0.263. The van der Waals surface area contributed by atoms with Gasteiger partial charge in [0.25, 0.3) is 0 Å². The van der Waals surface area contributed by atoms with Crippen molar-refractivity contribution in [2.45, 2.75) is 13.1 Å². The van der Waals surface area contributed by atoms with Gasteiger partial charge in [0.15, 0.2) is 0 Å². The van der Waals surface area contributed by atoms with Gasteiger partial charge in [-0.25, -0.2) is 0 Å². The normalized spacial score (nSPS) is 11.4. The van der Waals surface area contributed by atoms with Gasteiger partial charge in [0.05, 0.1) is 35.1 Å². The zero-order valence-electron chi connectivity index (χ0n) is 15.0. The summed E-state index contributed by atoms with van der Waals surface area (Å²) in [6.07, 6.45) is -4.58. The summed E-state index contributed by atoms with van der Waals surface area (Å²) in [6.45, 7) is 1.73. The molecule has 0 fully saturated rings. The van der Waals surface area contributed by atoms with Gasteiger partial charge in [0, 0.05) is 0 Å². The Morgan fingerprint density at radius 3 is 1.96 bits per heavy atom. The van der Waals surface area contributed by atoms with Crippen LogP contribution in [-0.4, -0.2) is 36.3 Å². The molecule has 2 aromatic carbocycles. The van der Waals surface area contributed by atoms with Crippen molar-refractivity contribution in [2.24, 2.45) is 0 Å². The van der Waals surface area contributed by atoms with Gasteiger partial charge < -0.3 is 10.6 Å². The van der Waals surface area contributed by atoms with E-state index in [1.54, 1.807) is 31.2 Å². The second-order valence-electron chi connectivity index (χ2n) is 5.92. The van der Waals surface area contributed by atoms with Crippen molar-refractivity contribution in [1.29, 1.82) is 0 Å². The zero-order valence-corrected chi connectivity index (χ0v) is 15.8. The van der Waals surface area contributed by atoms with Gasteiger partial charge in [0.1, 0.15) is 0 Å². The maximum absolute atomic E-state index is 13.0. The minimum Gasteiger partial charge on any atom is -0.324 e. The monoisotopic (exact) mass is 413 g/mol. The molecule has 0 atom stereocenters. The van der Waals surface area contributed by atoms with Crippen LogP contribution in [0.1, 0.15) is 12.5 Å². The standard InChI is InChI=1S/C19H19ClF3N3O2/c1-2-26(12-18(28)25-16-10-6-4-8-14(16)20)11-17(27)24-15-9-5-3-7-13(15)19(21,22)23/h3-10H,2,11-12H2,1H3,(H,24,27)(H,25,28). The van der Waals surface area contributed by atoms with Gasteiger partial charge in [-0.1, -0.05) is 42.8 Å². The van der Waals surface area contributed by atoms with Crippen LogP contribution in [-0.2, 0) is 15.8 Å². The van der Waals surface area contributed by atoms with Crippen LogP contribution in [0.15, 0.2) is 48.5 Å². The van der Waals surface area contributed by atoms with E-state index in [4.69, 9.17) is 11.6 Å². The summed E-state index contributed by atoms with van der Waals surface area (Å²) in [7, 11) is 0. The number of anilines is 2. The number of rotatable bonds is 7. The first kappa shape index (κ1) is 21.7. The van der Waals surface area contributed by atoms with Crippen molar-refractivity contribution in [3.8, 4) is 0 Å². The van der Waals surface area contributed by atoms with Crippen LogP contribution in [0.3, 0.4) is 0 Å². The summed E-state index contributed by atoms with van der Waals surface area (Å²) in [5.74, 6) is -1.04. The highest BCUT2D eigenvalue weighted by Gasteiger charge is 2.33. The molecule has 0 aliphatic rings. The Morgan fingerprint density at radius 1 is 0.929 bits per heavy atom. The van der Waals surface area contributed by atoms with Crippen LogP contribution in [0.4, 0.5) is 24.5 Å². The average Bonchev–Trinajstić information content (AvgIpc) is 2.62. The Labute approximate surface area is 165 Å². The Bertz CT molecular complexity index is 843. The lowest BCUT2D eigenvalue weighted by Crippen LogP contribution is -2.38. The van der Waals surface area contributed by atoms with Crippen molar-refractivity contribution in [2.75, 3.05) is 30.3 Å². The lowest BCUT2D eigenvalue weighted by molar-refractivity contribution is -0.137. The molecule has 2 N–H and O–H groups in total. The molecular formula is C19H19ClF3N3O2. The Kier molecular flexibility index (Phi) is 7.42. The number of nitrogens with zero attached hydrogens (tertiary/aromatic N) is 1. The molecule has 9 heteroatoms. The number of likely N-dealkylation sites (N-methyl/N-ethyl adjacent to an activating group) is 1. The van der Waals surface area contributed by atoms with Crippen molar-refractivity contribution in [1.82, 2.24) is 4.90 Å². The predicted octanol–water partition coefficient (Wildman–Crippen LogP) is 4.26. The quantitative estimate of drug-likeness (QED) is 0.713. The maximum Gasteiger partial charge on any atom is 0.418 e. The van der Waals surface area contributed by atoms with E-state index in [0.29, 0.717) is 17.3 Å². The number of hydrogen-bond donors (Lipinski definition) is 2. The second-order valence-corrected chi connectivity index (χ2v) is 6.33. The first-order valence-corrected chi connectivity index (χ1v) is 8.81. The van der Waals surface area contributed by atoms with E-state index in [2.05, 4.69) is 10.6 Å². The first-order valence-electron chi connectivity index (χ1n) is 8.43. The van der Waals surface area contributed by atoms with Crippen LogP contribution in [0.5, 0.6) is 0 Å². The highest BCUT2D eigenvalue weighted by atomic mass is 35.5. The van der Waals surface area contributed by atoms with Gasteiger partial charge in [-0.15, -0.1) is 0 Å². The molecular weight excluding hydrogens is 395 g/mol. The molecule has 2 amide bonds. The molecule has 5 nitrogen and oxygen atoms in total. The van der Waals surface area contributed by atoms with E-state index in [-0.39, 0.29) is 18.8 Å².